The van der Waals surface area contributed by atoms with Gasteiger partial charge in [-0.1, -0.05) is 0 Å². The fraction of sp³-hybridized carbons (Fsp3) is 0.438. The number of aromatic nitrogens is 2. The van der Waals surface area contributed by atoms with Crippen molar-refractivity contribution in [1.29, 1.82) is 0 Å². The molecule has 2 aromatic rings. The molecule has 8 heteroatoms. The lowest BCUT2D eigenvalue weighted by Gasteiger charge is -2.21. The molecule has 0 bridgehead atoms. The first-order valence-electron chi connectivity index (χ1n) is 7.77. The fourth-order valence-corrected chi connectivity index (χ4v) is 3.59. The number of nitrogens with zero attached hydrogens (tertiary/aromatic N) is 2. The van der Waals surface area contributed by atoms with Crippen LogP contribution in [0.3, 0.4) is 0 Å². The number of amides is 1. The van der Waals surface area contributed by atoms with Crippen LogP contribution in [0.25, 0.3) is 0 Å². The highest BCUT2D eigenvalue weighted by atomic mass is 32.1. The molecule has 1 unspecified atom stereocenters. The van der Waals surface area contributed by atoms with Crippen molar-refractivity contribution >= 4 is 23.2 Å². The van der Waals surface area contributed by atoms with Gasteiger partial charge in [-0.25, -0.2) is 4.79 Å². The third-order valence-electron chi connectivity index (χ3n) is 4.01. The number of fused-ring (bicyclic) bond motifs is 1. The van der Waals surface area contributed by atoms with Gasteiger partial charge in [0.05, 0.1) is 29.8 Å². The van der Waals surface area contributed by atoms with Crippen LogP contribution < -0.4 is 5.32 Å². The molecule has 24 heavy (non-hydrogen) atoms. The molecular weight excluding hydrogens is 330 g/mol. The first-order valence-corrected chi connectivity index (χ1v) is 8.59. The largest absolute Gasteiger partial charge is 0.477 e. The Kier molecular flexibility index (Phi) is 4.96. The van der Waals surface area contributed by atoms with Gasteiger partial charge in [0.1, 0.15) is 4.88 Å². The van der Waals surface area contributed by atoms with Crippen molar-refractivity contribution in [2.45, 2.75) is 31.8 Å². The van der Waals surface area contributed by atoms with E-state index in [2.05, 4.69) is 10.4 Å². The Morgan fingerprint density at radius 1 is 1.46 bits per heavy atom. The molecule has 2 aromatic heterocycles. The molecule has 0 radical (unpaired) electrons. The Morgan fingerprint density at radius 3 is 2.96 bits per heavy atom. The summed E-state index contributed by atoms with van der Waals surface area (Å²) in [7, 11) is 1.65. The molecular formula is C16H19N3O4S. The second kappa shape index (κ2) is 7.14. The van der Waals surface area contributed by atoms with E-state index in [0.717, 1.165) is 41.9 Å². The monoisotopic (exact) mass is 349 g/mol. The average Bonchev–Trinajstić information content (AvgIpc) is 3.20. The highest BCUT2D eigenvalue weighted by Crippen LogP contribution is 2.29. The molecule has 0 spiro atoms. The Hall–Kier alpha value is -2.19. The van der Waals surface area contributed by atoms with Gasteiger partial charge in [-0.15, -0.1) is 11.3 Å². The van der Waals surface area contributed by atoms with Crippen LogP contribution in [-0.4, -0.2) is 40.5 Å². The molecule has 1 atom stereocenters. The first-order chi connectivity index (χ1) is 11.6. The van der Waals surface area contributed by atoms with Gasteiger partial charge in [-0.05, 0) is 37.0 Å². The fourth-order valence-electron chi connectivity index (χ4n) is 2.84. The molecule has 0 aromatic carbocycles. The number of carboxylic acid groups (broad SMARTS) is 1. The summed E-state index contributed by atoms with van der Waals surface area (Å²) in [6, 6.07) is 2.86. The molecule has 1 amide bonds. The Labute approximate surface area is 143 Å². The van der Waals surface area contributed by atoms with E-state index in [1.54, 1.807) is 13.2 Å². The highest BCUT2D eigenvalue weighted by Gasteiger charge is 2.26. The molecule has 3 rings (SSSR count). The molecule has 0 aliphatic heterocycles. The lowest BCUT2D eigenvalue weighted by molar-refractivity contribution is 0.0702. The highest BCUT2D eigenvalue weighted by molar-refractivity contribution is 7.15. The molecule has 7 nitrogen and oxygen atoms in total. The molecule has 2 N–H and O–H groups in total. The molecule has 0 fully saturated rings. The van der Waals surface area contributed by atoms with Gasteiger partial charge >= 0.3 is 5.97 Å². The maximum Gasteiger partial charge on any atom is 0.345 e. The van der Waals surface area contributed by atoms with E-state index < -0.39 is 5.97 Å². The number of aryl methyl sites for hydroxylation is 1. The molecule has 2 heterocycles. The summed E-state index contributed by atoms with van der Waals surface area (Å²) in [5, 5.41) is 16.5. The van der Waals surface area contributed by atoms with Crippen molar-refractivity contribution in [3.05, 3.63) is 39.3 Å². The minimum absolute atomic E-state index is 0.138. The predicted molar refractivity (Wildman–Crippen MR) is 88.5 cm³/mol. The van der Waals surface area contributed by atoms with Crippen LogP contribution in [0.1, 0.15) is 49.5 Å². The summed E-state index contributed by atoms with van der Waals surface area (Å²) in [5.41, 5.74) is 2.06. The van der Waals surface area contributed by atoms with Gasteiger partial charge in [0, 0.05) is 13.3 Å². The Balaban J connectivity index is 1.73. The van der Waals surface area contributed by atoms with Gasteiger partial charge in [0.15, 0.2) is 0 Å². The van der Waals surface area contributed by atoms with Crippen LogP contribution in [0.4, 0.5) is 0 Å². The van der Waals surface area contributed by atoms with Crippen molar-refractivity contribution in [2.75, 3.05) is 13.7 Å². The topological polar surface area (TPSA) is 93.5 Å². The summed E-state index contributed by atoms with van der Waals surface area (Å²) in [5.74, 6) is -1.27. The van der Waals surface area contributed by atoms with Gasteiger partial charge in [-0.2, -0.15) is 5.10 Å². The quantitative estimate of drug-likeness (QED) is 0.833. The zero-order valence-corrected chi connectivity index (χ0v) is 14.1. The lowest BCUT2D eigenvalue weighted by Crippen LogP contribution is -2.30. The minimum Gasteiger partial charge on any atom is -0.477 e. The van der Waals surface area contributed by atoms with Crippen LogP contribution in [0.5, 0.6) is 0 Å². The number of hydrogen-bond acceptors (Lipinski definition) is 5. The minimum atomic E-state index is -1.02. The summed E-state index contributed by atoms with van der Waals surface area (Å²) in [6.45, 7) is 1.27. The van der Waals surface area contributed by atoms with E-state index in [1.165, 1.54) is 6.07 Å². The Bertz CT molecular complexity index is 752. The molecule has 0 saturated carbocycles. The third-order valence-corrected chi connectivity index (χ3v) is 5.08. The van der Waals surface area contributed by atoms with Crippen molar-refractivity contribution in [3.8, 4) is 0 Å². The van der Waals surface area contributed by atoms with Crippen LogP contribution in [-0.2, 0) is 17.7 Å². The number of nitrogens with one attached hydrogen (secondary N) is 1. The number of carbonyl (C=O) groups excluding carboxylic acids is 1. The number of hydrogen-bond donors (Lipinski definition) is 2. The van der Waals surface area contributed by atoms with E-state index in [1.807, 2.05) is 10.9 Å². The van der Waals surface area contributed by atoms with Crippen LogP contribution >= 0.6 is 11.3 Å². The number of ether oxygens (including phenoxy) is 1. The van der Waals surface area contributed by atoms with E-state index in [9.17, 15) is 9.59 Å². The Morgan fingerprint density at radius 2 is 2.25 bits per heavy atom. The first kappa shape index (κ1) is 16.7. The third kappa shape index (κ3) is 3.49. The normalized spacial score (nSPS) is 16.6. The average molecular weight is 349 g/mol. The van der Waals surface area contributed by atoms with E-state index in [-0.39, 0.29) is 16.8 Å². The number of carboxylic acids is 1. The van der Waals surface area contributed by atoms with Crippen molar-refractivity contribution in [1.82, 2.24) is 15.1 Å². The van der Waals surface area contributed by atoms with E-state index in [4.69, 9.17) is 9.84 Å². The van der Waals surface area contributed by atoms with Gasteiger partial charge in [0.2, 0.25) is 0 Å². The van der Waals surface area contributed by atoms with Crippen molar-refractivity contribution in [2.24, 2.45) is 0 Å². The lowest BCUT2D eigenvalue weighted by atomic mass is 9.94. The summed E-state index contributed by atoms with van der Waals surface area (Å²) >= 11 is 0.982. The zero-order chi connectivity index (χ0) is 17.1. The molecule has 1 aliphatic rings. The summed E-state index contributed by atoms with van der Waals surface area (Å²) < 4.78 is 6.92. The van der Waals surface area contributed by atoms with E-state index >= 15 is 0 Å². The maximum atomic E-state index is 12.4. The standard InChI is InChI=1S/C16H19N3O4S/c1-23-8-7-19-9-10-3-2-4-11(14(10)18-19)17-15(20)12-5-6-13(24-12)16(21)22/h5-6,9,11H,2-4,7-8H2,1H3,(H,17,20)(H,21,22). The molecule has 1 aliphatic carbocycles. The smallest absolute Gasteiger partial charge is 0.345 e. The number of methoxy groups -OCH3 is 1. The second-order valence-electron chi connectivity index (χ2n) is 5.68. The SMILES string of the molecule is COCCn1cc2c(n1)C(NC(=O)c1ccc(C(=O)O)s1)CCC2. The summed E-state index contributed by atoms with van der Waals surface area (Å²) in [4.78, 5) is 23.9. The number of aromatic carboxylic acids is 1. The maximum absolute atomic E-state index is 12.4. The number of rotatable bonds is 6. The van der Waals surface area contributed by atoms with E-state index in [0.29, 0.717) is 18.0 Å². The van der Waals surface area contributed by atoms with Gasteiger partial charge in [0.25, 0.3) is 5.91 Å². The number of thiophene rings is 1. The summed E-state index contributed by atoms with van der Waals surface area (Å²) in [6.07, 6.45) is 4.78. The molecule has 0 saturated heterocycles. The van der Waals surface area contributed by atoms with Gasteiger partial charge in [-0.3, -0.25) is 9.48 Å². The predicted octanol–water partition coefficient (Wildman–Crippen LogP) is 2.10. The van der Waals surface area contributed by atoms with Gasteiger partial charge < -0.3 is 15.2 Å². The van der Waals surface area contributed by atoms with Crippen LogP contribution in [0.15, 0.2) is 18.3 Å². The molecule has 128 valence electrons. The van der Waals surface area contributed by atoms with Crippen LogP contribution in [0.2, 0.25) is 0 Å². The van der Waals surface area contributed by atoms with Crippen LogP contribution in [0, 0.1) is 0 Å². The number of carbonyl (C=O) groups is 2. The second-order valence-corrected chi connectivity index (χ2v) is 6.77. The van der Waals surface area contributed by atoms with Crippen molar-refractivity contribution in [3.63, 3.8) is 0 Å². The zero-order valence-electron chi connectivity index (χ0n) is 13.3. The van der Waals surface area contributed by atoms with Crippen molar-refractivity contribution < 1.29 is 19.4 Å².